The van der Waals surface area contributed by atoms with Crippen LogP contribution in [-0.4, -0.2) is 16.4 Å². The van der Waals surface area contributed by atoms with E-state index in [9.17, 15) is 0 Å². The third-order valence-electron chi connectivity index (χ3n) is 8.48. The maximum atomic E-state index is 7.15. The highest BCUT2D eigenvalue weighted by Crippen LogP contribution is 2.45. The molecule has 0 aliphatic heterocycles. The van der Waals surface area contributed by atoms with Crippen LogP contribution in [0.2, 0.25) is 31.2 Å². The summed E-state index contributed by atoms with van der Waals surface area (Å²) in [6, 6.07) is 15.1. The third kappa shape index (κ3) is 4.71. The maximum Gasteiger partial charge on any atom is 0.192 e. The second kappa shape index (κ2) is 8.89. The standard InChI is InChI=1S/C29H44OSi2/c1-29(2,3)32(6,7)30-26-19-12-11-16-23-20-27(24-17-13-18-25(24)28(23)26)31(4,5)21-22-14-9-8-10-15-22/h8-10,14-15,20,26H,11-13,16-19,21H2,1-7H3. The van der Waals surface area contributed by atoms with Gasteiger partial charge in [0.25, 0.3) is 0 Å². The predicted octanol–water partition coefficient (Wildman–Crippen LogP) is 7.66. The molecule has 0 N–H and O–H groups in total. The van der Waals surface area contributed by atoms with Gasteiger partial charge in [0, 0.05) is 0 Å². The summed E-state index contributed by atoms with van der Waals surface area (Å²) < 4.78 is 7.15. The zero-order valence-electron chi connectivity index (χ0n) is 21.6. The van der Waals surface area contributed by atoms with Gasteiger partial charge in [-0.1, -0.05) is 87.4 Å². The summed E-state index contributed by atoms with van der Waals surface area (Å²) in [4.78, 5) is 0. The first-order chi connectivity index (χ1) is 15.0. The van der Waals surface area contributed by atoms with E-state index in [1.54, 1.807) is 27.4 Å². The van der Waals surface area contributed by atoms with Gasteiger partial charge in [-0.05, 0) is 85.0 Å². The first-order valence-corrected chi connectivity index (χ1v) is 19.0. The van der Waals surface area contributed by atoms with E-state index in [-0.39, 0.29) is 5.04 Å². The molecule has 0 heterocycles. The van der Waals surface area contributed by atoms with Gasteiger partial charge in [-0.15, -0.1) is 0 Å². The molecule has 0 spiro atoms. The topological polar surface area (TPSA) is 9.23 Å². The molecular weight excluding hydrogens is 420 g/mol. The van der Waals surface area contributed by atoms with E-state index in [4.69, 9.17) is 4.43 Å². The average molecular weight is 465 g/mol. The molecule has 1 unspecified atom stereocenters. The SMILES string of the molecule is CC(C)(C)[Si](C)(C)OC1CCCCc2cc([Si](C)(C)Cc3ccccc3)c3c(c21)CCC3. The van der Waals surface area contributed by atoms with Crippen LogP contribution in [0.15, 0.2) is 36.4 Å². The summed E-state index contributed by atoms with van der Waals surface area (Å²) in [5, 5.41) is 2.01. The largest absolute Gasteiger partial charge is 0.410 e. The number of hydrogen-bond donors (Lipinski definition) is 0. The molecule has 0 fully saturated rings. The Balaban J connectivity index is 1.77. The van der Waals surface area contributed by atoms with Gasteiger partial charge in [-0.3, -0.25) is 0 Å². The van der Waals surface area contributed by atoms with E-state index in [1.165, 1.54) is 56.6 Å². The third-order valence-corrected chi connectivity index (χ3v) is 16.2. The molecule has 2 aliphatic rings. The van der Waals surface area contributed by atoms with E-state index < -0.39 is 16.4 Å². The molecule has 0 radical (unpaired) electrons. The molecule has 2 aliphatic carbocycles. The summed E-state index contributed by atoms with van der Waals surface area (Å²) in [7, 11) is -3.39. The number of aryl methyl sites for hydroxylation is 1. The minimum absolute atomic E-state index is 0.257. The predicted molar refractivity (Wildman–Crippen MR) is 144 cm³/mol. The molecule has 0 aromatic heterocycles. The van der Waals surface area contributed by atoms with Crippen molar-refractivity contribution < 1.29 is 4.43 Å². The highest BCUT2D eigenvalue weighted by molar-refractivity contribution is 6.89. The van der Waals surface area contributed by atoms with Gasteiger partial charge in [0.1, 0.15) is 0 Å². The van der Waals surface area contributed by atoms with Crippen LogP contribution < -0.4 is 5.19 Å². The lowest BCUT2D eigenvalue weighted by Crippen LogP contribution is -2.47. The van der Waals surface area contributed by atoms with Gasteiger partial charge in [-0.2, -0.15) is 0 Å². The lowest BCUT2D eigenvalue weighted by atomic mass is 9.92. The van der Waals surface area contributed by atoms with Crippen molar-refractivity contribution in [3.63, 3.8) is 0 Å². The Morgan fingerprint density at radius 3 is 2.25 bits per heavy atom. The van der Waals surface area contributed by atoms with Crippen molar-refractivity contribution in [2.75, 3.05) is 0 Å². The van der Waals surface area contributed by atoms with Crippen LogP contribution in [0.4, 0.5) is 0 Å². The molecule has 32 heavy (non-hydrogen) atoms. The Kier molecular flexibility index (Phi) is 6.66. The monoisotopic (exact) mass is 464 g/mol. The van der Waals surface area contributed by atoms with Crippen LogP contribution in [0, 0.1) is 0 Å². The Labute approximate surface area is 199 Å². The fourth-order valence-corrected chi connectivity index (χ4v) is 10.1. The fourth-order valence-electron chi connectivity index (χ4n) is 5.72. The minimum atomic E-state index is -1.81. The number of fused-ring (bicyclic) bond motifs is 3. The zero-order chi connectivity index (χ0) is 23.1. The van der Waals surface area contributed by atoms with Crippen molar-refractivity contribution in [2.45, 2.75) is 109 Å². The van der Waals surface area contributed by atoms with E-state index in [0.717, 1.165) is 0 Å². The van der Waals surface area contributed by atoms with Crippen molar-refractivity contribution in [1.29, 1.82) is 0 Å². The van der Waals surface area contributed by atoms with Gasteiger partial charge in [0.05, 0.1) is 14.2 Å². The first-order valence-electron chi connectivity index (χ1n) is 12.9. The van der Waals surface area contributed by atoms with Gasteiger partial charge >= 0.3 is 0 Å². The molecule has 0 bridgehead atoms. The van der Waals surface area contributed by atoms with Crippen LogP contribution in [-0.2, 0) is 29.7 Å². The zero-order valence-corrected chi connectivity index (χ0v) is 23.6. The van der Waals surface area contributed by atoms with Crippen LogP contribution in [0.5, 0.6) is 0 Å². The highest BCUT2D eigenvalue weighted by Gasteiger charge is 2.41. The summed E-state index contributed by atoms with van der Waals surface area (Å²) in [5.41, 5.74) is 8.20. The van der Waals surface area contributed by atoms with E-state index in [1.807, 2.05) is 0 Å². The van der Waals surface area contributed by atoms with Crippen molar-refractivity contribution in [3.8, 4) is 0 Å². The molecule has 2 aromatic rings. The van der Waals surface area contributed by atoms with Gasteiger partial charge in [-0.25, -0.2) is 0 Å². The molecule has 0 amide bonds. The second-order valence-electron chi connectivity index (χ2n) is 12.5. The summed E-state index contributed by atoms with van der Waals surface area (Å²) in [5.74, 6) is 0. The summed E-state index contributed by atoms with van der Waals surface area (Å²) >= 11 is 0. The summed E-state index contributed by atoms with van der Waals surface area (Å²) in [6.07, 6.45) is 9.22. The van der Waals surface area contributed by atoms with E-state index in [0.29, 0.717) is 6.10 Å². The molecule has 1 nitrogen and oxygen atoms in total. The van der Waals surface area contributed by atoms with Crippen molar-refractivity contribution in [1.82, 2.24) is 0 Å². The van der Waals surface area contributed by atoms with Crippen molar-refractivity contribution in [3.05, 3.63) is 64.2 Å². The van der Waals surface area contributed by atoms with Crippen LogP contribution in [0.1, 0.15) is 80.4 Å². The number of benzene rings is 2. The lowest BCUT2D eigenvalue weighted by Gasteiger charge is -2.40. The number of hydrogen-bond acceptors (Lipinski definition) is 1. The molecule has 0 saturated heterocycles. The normalized spacial score (nSPS) is 19.4. The van der Waals surface area contributed by atoms with Crippen molar-refractivity contribution >= 4 is 21.6 Å². The molecule has 174 valence electrons. The van der Waals surface area contributed by atoms with Gasteiger partial charge in [0.2, 0.25) is 0 Å². The smallest absolute Gasteiger partial charge is 0.192 e. The van der Waals surface area contributed by atoms with Crippen molar-refractivity contribution in [2.24, 2.45) is 0 Å². The van der Waals surface area contributed by atoms with E-state index >= 15 is 0 Å². The molecule has 0 saturated carbocycles. The molecule has 1 atom stereocenters. The van der Waals surface area contributed by atoms with Crippen LogP contribution in [0.25, 0.3) is 0 Å². The average Bonchev–Trinajstić information content (AvgIpc) is 3.10. The maximum absolute atomic E-state index is 7.15. The second-order valence-corrected chi connectivity index (χ2v) is 21.9. The van der Waals surface area contributed by atoms with Gasteiger partial charge < -0.3 is 4.43 Å². The molecule has 4 rings (SSSR count). The number of rotatable bonds is 5. The molecular formula is C29H44OSi2. The van der Waals surface area contributed by atoms with E-state index in [2.05, 4.69) is 83.4 Å². The lowest BCUT2D eigenvalue weighted by molar-refractivity contribution is 0.172. The summed E-state index contributed by atoms with van der Waals surface area (Å²) in [6.45, 7) is 17.2. The first kappa shape index (κ1) is 24.0. The molecule has 3 heteroatoms. The van der Waals surface area contributed by atoms with Crippen LogP contribution in [0.3, 0.4) is 0 Å². The quantitative estimate of drug-likeness (QED) is 0.326. The Morgan fingerprint density at radius 2 is 1.56 bits per heavy atom. The molecule has 2 aromatic carbocycles. The Morgan fingerprint density at radius 1 is 0.875 bits per heavy atom. The Hall–Kier alpha value is -1.17. The highest BCUT2D eigenvalue weighted by atomic mass is 28.4. The fraction of sp³-hybridized carbons (Fsp3) is 0.586. The Bertz CT molecular complexity index is 953. The minimum Gasteiger partial charge on any atom is -0.410 e. The van der Waals surface area contributed by atoms with Gasteiger partial charge in [0.15, 0.2) is 8.32 Å². The van der Waals surface area contributed by atoms with Crippen LogP contribution >= 0.6 is 0 Å².